The van der Waals surface area contributed by atoms with E-state index in [1.807, 2.05) is 0 Å². The molecule has 0 aliphatic carbocycles. The predicted octanol–water partition coefficient (Wildman–Crippen LogP) is 3.68. The van der Waals surface area contributed by atoms with Crippen molar-refractivity contribution >= 4 is 27.8 Å². The molecule has 1 N–H and O–H groups in total. The Balaban J connectivity index is 2.01. The molecule has 2 aromatic carbocycles. The van der Waals surface area contributed by atoms with Gasteiger partial charge in [-0.25, -0.2) is 10.2 Å². The molecule has 0 atom stereocenters. The molecule has 0 aromatic heterocycles. The lowest BCUT2D eigenvalue weighted by Gasteiger charge is -2.30. The van der Waals surface area contributed by atoms with E-state index in [1.165, 1.54) is 23.3 Å². The van der Waals surface area contributed by atoms with Crippen molar-refractivity contribution in [1.29, 1.82) is 0 Å². The van der Waals surface area contributed by atoms with Gasteiger partial charge in [-0.1, -0.05) is 19.1 Å². The summed E-state index contributed by atoms with van der Waals surface area (Å²) in [6.07, 6.45) is -0.593. The van der Waals surface area contributed by atoms with Gasteiger partial charge in [0.15, 0.2) is 0 Å². The van der Waals surface area contributed by atoms with Crippen LogP contribution in [0.5, 0.6) is 5.75 Å². The van der Waals surface area contributed by atoms with E-state index in [4.69, 9.17) is 9.47 Å². The van der Waals surface area contributed by atoms with Gasteiger partial charge in [0.25, 0.3) is 10.0 Å². The van der Waals surface area contributed by atoms with Crippen molar-refractivity contribution in [2.24, 2.45) is 0 Å². The zero-order chi connectivity index (χ0) is 23.7. The minimum atomic E-state index is -4.07. The number of carbonyl (C=O) groups excluding carboxylic acids is 2. The number of fused-ring (bicyclic) bond motifs is 1. The van der Waals surface area contributed by atoms with Crippen molar-refractivity contribution in [3.63, 3.8) is 0 Å². The van der Waals surface area contributed by atoms with Crippen LogP contribution >= 0.6 is 0 Å². The largest absolute Gasteiger partial charge is 0.443 e. The lowest BCUT2D eigenvalue weighted by molar-refractivity contribution is -0.134. The van der Waals surface area contributed by atoms with E-state index in [-0.39, 0.29) is 17.9 Å². The molecule has 0 spiro atoms. The molecule has 1 heterocycles. The highest BCUT2D eigenvalue weighted by atomic mass is 32.2. The van der Waals surface area contributed by atoms with Gasteiger partial charge < -0.3 is 9.47 Å². The molecule has 9 nitrogen and oxygen atoms in total. The summed E-state index contributed by atoms with van der Waals surface area (Å²) in [5.41, 5.74) is 3.40. The fourth-order valence-electron chi connectivity index (χ4n) is 3.12. The SMILES string of the molecule is CCC(=O)Oc1ccc2c(c1)CN(NC(=O)OC(C)(C)C)N2S(=O)(=O)c1cccc(C)c1. The van der Waals surface area contributed by atoms with Gasteiger partial charge in [-0.3, -0.25) is 4.79 Å². The maximum absolute atomic E-state index is 13.5. The Morgan fingerprint density at radius 1 is 1.12 bits per heavy atom. The van der Waals surface area contributed by atoms with Gasteiger partial charge >= 0.3 is 12.1 Å². The Bertz CT molecular complexity index is 1140. The minimum absolute atomic E-state index is 0.0249. The second kappa shape index (κ2) is 8.79. The minimum Gasteiger partial charge on any atom is -0.443 e. The van der Waals surface area contributed by atoms with E-state index in [1.54, 1.807) is 58.9 Å². The molecular formula is C22H27N3O6S. The Morgan fingerprint density at radius 3 is 2.47 bits per heavy atom. The number of sulfonamides is 1. The van der Waals surface area contributed by atoms with Crippen LogP contribution in [0.15, 0.2) is 47.4 Å². The first-order valence-corrected chi connectivity index (χ1v) is 11.6. The van der Waals surface area contributed by atoms with E-state index >= 15 is 0 Å². The van der Waals surface area contributed by atoms with E-state index < -0.39 is 27.7 Å². The van der Waals surface area contributed by atoms with Crippen LogP contribution < -0.4 is 14.6 Å². The van der Waals surface area contributed by atoms with Crippen LogP contribution in [0.1, 0.15) is 45.2 Å². The number of esters is 1. The molecule has 0 unspecified atom stereocenters. The Morgan fingerprint density at radius 2 is 1.84 bits per heavy atom. The fraction of sp³-hybridized carbons (Fsp3) is 0.364. The van der Waals surface area contributed by atoms with Gasteiger partial charge in [-0.05, 0) is 69.2 Å². The first kappa shape index (κ1) is 23.6. The van der Waals surface area contributed by atoms with Gasteiger partial charge in [0.1, 0.15) is 11.4 Å². The molecule has 1 amide bonds. The second-order valence-electron chi connectivity index (χ2n) is 8.35. The first-order valence-electron chi connectivity index (χ1n) is 10.1. The number of nitrogens with zero attached hydrogens (tertiary/aromatic N) is 2. The van der Waals surface area contributed by atoms with Crippen molar-refractivity contribution < 1.29 is 27.5 Å². The Kier molecular flexibility index (Phi) is 6.47. The predicted molar refractivity (Wildman–Crippen MR) is 118 cm³/mol. The van der Waals surface area contributed by atoms with E-state index in [2.05, 4.69) is 5.43 Å². The molecule has 0 saturated heterocycles. The third-order valence-electron chi connectivity index (χ3n) is 4.45. The summed E-state index contributed by atoms with van der Waals surface area (Å²) in [5, 5.41) is 1.17. The summed E-state index contributed by atoms with van der Waals surface area (Å²) in [6.45, 7) is 8.63. The average molecular weight is 462 g/mol. The fourth-order valence-corrected chi connectivity index (χ4v) is 4.70. The number of ether oxygens (including phenoxy) is 2. The molecule has 32 heavy (non-hydrogen) atoms. The van der Waals surface area contributed by atoms with Crippen molar-refractivity contribution in [1.82, 2.24) is 10.5 Å². The first-order chi connectivity index (χ1) is 14.9. The summed E-state index contributed by atoms with van der Waals surface area (Å²) in [4.78, 5) is 24.1. The molecule has 1 aliphatic heterocycles. The van der Waals surface area contributed by atoms with Crippen molar-refractivity contribution in [3.05, 3.63) is 53.6 Å². The van der Waals surface area contributed by atoms with Crippen LogP contribution in [0, 0.1) is 6.92 Å². The number of hydrazine groups is 2. The van der Waals surface area contributed by atoms with E-state index in [0.717, 1.165) is 9.98 Å². The standard InChI is InChI=1S/C22H27N3O6S/c1-6-20(26)30-17-10-11-19-16(13-17)14-24(23-21(27)31-22(3,4)5)25(19)32(28,29)18-9-7-8-15(2)12-18/h7-13H,6,14H2,1-5H3,(H,23,27). The molecule has 0 saturated carbocycles. The lowest BCUT2D eigenvalue weighted by atomic mass is 10.2. The van der Waals surface area contributed by atoms with Gasteiger partial charge in [0.05, 0.1) is 17.1 Å². The highest BCUT2D eigenvalue weighted by Crippen LogP contribution is 2.37. The average Bonchev–Trinajstić information content (AvgIpc) is 3.03. The van der Waals surface area contributed by atoms with Crippen LogP contribution in [0.4, 0.5) is 10.5 Å². The number of anilines is 1. The monoisotopic (exact) mass is 461 g/mol. The molecule has 0 fully saturated rings. The van der Waals surface area contributed by atoms with Crippen LogP contribution in [0.25, 0.3) is 0 Å². The zero-order valence-corrected chi connectivity index (χ0v) is 19.5. The molecule has 0 radical (unpaired) electrons. The van der Waals surface area contributed by atoms with E-state index in [0.29, 0.717) is 17.0 Å². The summed E-state index contributed by atoms with van der Waals surface area (Å²) >= 11 is 0. The number of benzene rings is 2. The van der Waals surface area contributed by atoms with Crippen LogP contribution in [-0.4, -0.2) is 31.2 Å². The highest BCUT2D eigenvalue weighted by molar-refractivity contribution is 7.92. The number of aryl methyl sites for hydroxylation is 1. The highest BCUT2D eigenvalue weighted by Gasteiger charge is 2.39. The summed E-state index contributed by atoms with van der Waals surface area (Å²) < 4.78 is 38.7. The molecule has 1 aliphatic rings. The maximum Gasteiger partial charge on any atom is 0.423 e. The third kappa shape index (κ3) is 5.20. The Labute approximate surface area is 187 Å². The van der Waals surface area contributed by atoms with Crippen LogP contribution in [0.2, 0.25) is 0 Å². The number of rotatable bonds is 5. The molecule has 2 aromatic rings. The normalized spacial score (nSPS) is 14.1. The molecular weight excluding hydrogens is 434 g/mol. The number of amides is 1. The molecule has 0 bridgehead atoms. The number of carbonyl (C=O) groups is 2. The smallest absolute Gasteiger partial charge is 0.423 e. The van der Waals surface area contributed by atoms with Gasteiger partial charge in [-0.15, -0.1) is 5.12 Å². The number of hydrogen-bond donors (Lipinski definition) is 1. The van der Waals surface area contributed by atoms with E-state index in [9.17, 15) is 18.0 Å². The lowest BCUT2D eigenvalue weighted by Crippen LogP contribution is -2.53. The third-order valence-corrected chi connectivity index (χ3v) is 6.15. The molecule has 10 heteroatoms. The topological polar surface area (TPSA) is 105 Å². The summed E-state index contributed by atoms with van der Waals surface area (Å²) in [6, 6.07) is 11.1. The van der Waals surface area contributed by atoms with Gasteiger partial charge in [0.2, 0.25) is 0 Å². The second-order valence-corrected chi connectivity index (χ2v) is 10.1. The zero-order valence-electron chi connectivity index (χ0n) is 18.7. The van der Waals surface area contributed by atoms with Crippen molar-refractivity contribution in [2.75, 3.05) is 4.41 Å². The maximum atomic E-state index is 13.5. The quantitative estimate of drug-likeness (QED) is 0.535. The van der Waals surface area contributed by atoms with Gasteiger partial charge in [-0.2, -0.15) is 12.8 Å². The number of hydrogen-bond acceptors (Lipinski definition) is 7. The van der Waals surface area contributed by atoms with Crippen molar-refractivity contribution in [2.45, 2.75) is 58.1 Å². The summed E-state index contributed by atoms with van der Waals surface area (Å²) in [5.74, 6) is -0.112. The van der Waals surface area contributed by atoms with Crippen LogP contribution in [-0.2, 0) is 26.1 Å². The number of nitrogens with one attached hydrogen (secondary N) is 1. The van der Waals surface area contributed by atoms with Gasteiger partial charge in [0, 0.05) is 6.42 Å². The molecule has 172 valence electrons. The Hall–Kier alpha value is -3.11. The molecule has 3 rings (SSSR count). The summed E-state index contributed by atoms with van der Waals surface area (Å²) in [7, 11) is -4.07. The van der Waals surface area contributed by atoms with Crippen molar-refractivity contribution in [3.8, 4) is 5.75 Å². The van der Waals surface area contributed by atoms with Crippen LogP contribution in [0.3, 0.4) is 0 Å².